The highest BCUT2D eigenvalue weighted by molar-refractivity contribution is 7.89. The topological polar surface area (TPSA) is 133 Å². The van der Waals surface area contributed by atoms with Gasteiger partial charge >= 0.3 is 6.09 Å². The number of hydrogen-bond donors (Lipinski definition) is 2. The van der Waals surface area contributed by atoms with Gasteiger partial charge in [0.2, 0.25) is 21.8 Å². The zero-order chi connectivity index (χ0) is 23.1. The molecule has 1 heterocycles. The molecule has 11 heteroatoms. The van der Waals surface area contributed by atoms with Gasteiger partial charge in [-0.2, -0.15) is 5.10 Å². The fourth-order valence-corrected chi connectivity index (χ4v) is 4.92. The van der Waals surface area contributed by atoms with Gasteiger partial charge in [-0.25, -0.2) is 17.9 Å². The van der Waals surface area contributed by atoms with Crippen LogP contribution in [0.2, 0.25) is 5.02 Å². The number of primary amides is 1. The summed E-state index contributed by atoms with van der Waals surface area (Å²) in [7, 11) is -3.79. The van der Waals surface area contributed by atoms with Gasteiger partial charge in [-0.3, -0.25) is 9.52 Å². The first kappa shape index (κ1) is 22.1. The average Bonchev–Trinajstić information content (AvgIpc) is 3.48. The van der Waals surface area contributed by atoms with Crippen molar-refractivity contribution in [2.45, 2.75) is 24.8 Å². The summed E-state index contributed by atoms with van der Waals surface area (Å²) in [5.41, 5.74) is 4.81. The number of aromatic nitrogens is 2. The minimum absolute atomic E-state index is 0.0359. The number of carbonyl (C=O) groups excluding carboxylic acids is 2. The van der Waals surface area contributed by atoms with Crippen LogP contribution in [-0.2, 0) is 20.4 Å². The lowest BCUT2D eigenvalue weighted by atomic mass is 9.74. The van der Waals surface area contributed by atoms with Gasteiger partial charge < -0.3 is 10.5 Å². The predicted molar refractivity (Wildman–Crippen MR) is 118 cm³/mol. The van der Waals surface area contributed by atoms with E-state index < -0.39 is 33.0 Å². The van der Waals surface area contributed by atoms with Crippen molar-refractivity contribution in [1.29, 1.82) is 0 Å². The third-order valence-corrected chi connectivity index (χ3v) is 6.64. The maximum absolute atomic E-state index is 13.2. The van der Waals surface area contributed by atoms with Crippen molar-refractivity contribution in [1.82, 2.24) is 14.5 Å². The van der Waals surface area contributed by atoms with Crippen LogP contribution >= 0.6 is 11.6 Å². The third kappa shape index (κ3) is 3.80. The summed E-state index contributed by atoms with van der Waals surface area (Å²) in [6, 6.07) is 9.66. The number of benzene rings is 1. The number of sulfonamides is 1. The second kappa shape index (κ2) is 7.79. The van der Waals surface area contributed by atoms with Crippen LogP contribution in [0.25, 0.3) is 5.57 Å². The molecule has 1 fully saturated rings. The number of rotatable bonds is 6. The molecule has 1 aromatic heterocycles. The summed E-state index contributed by atoms with van der Waals surface area (Å²) < 4.78 is 32.2. The standard InChI is InChI=1S/C21H21ClN4O5S/c1-32(29,30)25-18(27)20(11-12-20)21(26-17(31-19(23)28)16(22)13-24-26)9-7-15(8-10-21)14-5-3-2-4-6-14/h2-9,13H,10-12H2,1H3,(H2,23,28)(H,25,27). The van der Waals surface area contributed by atoms with Crippen LogP contribution in [-0.4, -0.2) is 36.5 Å². The summed E-state index contributed by atoms with van der Waals surface area (Å²) in [6.07, 6.45) is 7.78. The van der Waals surface area contributed by atoms with Gasteiger partial charge in [-0.1, -0.05) is 60.2 Å². The normalized spacial score (nSPS) is 21.5. The Morgan fingerprint density at radius 2 is 1.94 bits per heavy atom. The number of nitrogens with one attached hydrogen (secondary N) is 1. The van der Waals surface area contributed by atoms with Crippen molar-refractivity contribution in [3.63, 3.8) is 0 Å². The number of halogens is 1. The summed E-state index contributed by atoms with van der Waals surface area (Å²) in [5.74, 6) is -0.767. The first-order chi connectivity index (χ1) is 15.1. The molecule has 1 saturated carbocycles. The van der Waals surface area contributed by atoms with Crippen LogP contribution in [0.3, 0.4) is 0 Å². The van der Waals surface area contributed by atoms with E-state index in [4.69, 9.17) is 22.1 Å². The van der Waals surface area contributed by atoms with Gasteiger partial charge in [-0.05, 0) is 30.4 Å². The van der Waals surface area contributed by atoms with Gasteiger partial charge in [0, 0.05) is 0 Å². The number of amides is 2. The van der Waals surface area contributed by atoms with E-state index in [2.05, 4.69) is 9.82 Å². The first-order valence-electron chi connectivity index (χ1n) is 9.76. The van der Waals surface area contributed by atoms with Crippen molar-refractivity contribution in [3.8, 4) is 5.88 Å². The Morgan fingerprint density at radius 1 is 1.25 bits per heavy atom. The average molecular weight is 477 g/mol. The summed E-state index contributed by atoms with van der Waals surface area (Å²) in [4.78, 5) is 24.7. The zero-order valence-electron chi connectivity index (χ0n) is 17.1. The Morgan fingerprint density at radius 3 is 2.47 bits per heavy atom. The van der Waals surface area contributed by atoms with Gasteiger partial charge in [0.15, 0.2) is 0 Å². The molecule has 1 atom stereocenters. The first-order valence-corrected chi connectivity index (χ1v) is 12.0. The van der Waals surface area contributed by atoms with Gasteiger partial charge in [0.05, 0.1) is 17.9 Å². The predicted octanol–water partition coefficient (Wildman–Crippen LogP) is 2.59. The van der Waals surface area contributed by atoms with Crippen LogP contribution in [0.1, 0.15) is 24.8 Å². The number of allylic oxidation sites excluding steroid dienone is 4. The fourth-order valence-electron chi connectivity index (χ4n) is 4.23. The Labute approximate surface area is 189 Å². The van der Waals surface area contributed by atoms with E-state index in [9.17, 15) is 18.0 Å². The van der Waals surface area contributed by atoms with E-state index in [-0.39, 0.29) is 17.3 Å². The molecule has 2 aliphatic rings. The Balaban J connectivity index is 1.83. The maximum Gasteiger partial charge on any atom is 0.411 e. The van der Waals surface area contributed by atoms with E-state index in [0.717, 1.165) is 17.4 Å². The molecule has 32 heavy (non-hydrogen) atoms. The molecule has 4 rings (SSSR count). The van der Waals surface area contributed by atoms with Crippen molar-refractivity contribution in [2.24, 2.45) is 11.1 Å². The highest BCUT2D eigenvalue weighted by atomic mass is 35.5. The molecule has 2 aliphatic carbocycles. The molecule has 0 aliphatic heterocycles. The molecule has 0 bridgehead atoms. The van der Waals surface area contributed by atoms with E-state index in [0.29, 0.717) is 12.8 Å². The Kier molecular flexibility index (Phi) is 5.38. The summed E-state index contributed by atoms with van der Waals surface area (Å²) >= 11 is 6.20. The van der Waals surface area contributed by atoms with Crippen LogP contribution in [0.5, 0.6) is 5.88 Å². The SMILES string of the molecule is CS(=O)(=O)NC(=O)C1(C2(n3ncc(Cl)c3OC(N)=O)C=CC(c3ccccc3)=CC2)CC1. The molecule has 1 unspecified atom stereocenters. The molecule has 0 radical (unpaired) electrons. The molecular weight excluding hydrogens is 456 g/mol. The third-order valence-electron chi connectivity index (χ3n) is 5.83. The smallest absolute Gasteiger partial charge is 0.390 e. The molecule has 0 spiro atoms. The van der Waals surface area contributed by atoms with Crippen molar-refractivity contribution in [3.05, 3.63) is 65.3 Å². The molecule has 9 nitrogen and oxygen atoms in total. The minimum atomic E-state index is -3.79. The van der Waals surface area contributed by atoms with E-state index >= 15 is 0 Å². The molecular formula is C21H21ClN4O5S. The molecule has 1 aromatic carbocycles. The monoisotopic (exact) mass is 476 g/mol. The number of nitrogens with two attached hydrogens (primary N) is 1. The lowest BCUT2D eigenvalue weighted by molar-refractivity contribution is -0.128. The molecule has 2 aromatic rings. The summed E-state index contributed by atoms with van der Waals surface area (Å²) in [6.45, 7) is 0. The van der Waals surface area contributed by atoms with Gasteiger partial charge in [-0.15, -0.1) is 0 Å². The Hall–Kier alpha value is -3.11. The van der Waals surface area contributed by atoms with E-state index in [1.165, 1.54) is 10.9 Å². The van der Waals surface area contributed by atoms with Crippen LogP contribution < -0.4 is 15.2 Å². The van der Waals surface area contributed by atoms with Gasteiger partial charge in [0.1, 0.15) is 10.6 Å². The minimum Gasteiger partial charge on any atom is -0.390 e. The highest BCUT2D eigenvalue weighted by Gasteiger charge is 2.66. The van der Waals surface area contributed by atoms with Crippen molar-refractivity contribution in [2.75, 3.05) is 6.26 Å². The number of ether oxygens (including phenoxy) is 1. The lowest BCUT2D eigenvalue weighted by Crippen LogP contribution is -2.51. The van der Waals surface area contributed by atoms with Crippen molar-refractivity contribution < 1.29 is 22.7 Å². The quantitative estimate of drug-likeness (QED) is 0.658. The van der Waals surface area contributed by atoms with E-state index in [1.54, 1.807) is 6.08 Å². The molecule has 168 valence electrons. The number of carbonyl (C=O) groups is 2. The largest absolute Gasteiger partial charge is 0.411 e. The highest BCUT2D eigenvalue weighted by Crippen LogP contribution is 2.62. The number of hydrogen-bond acceptors (Lipinski definition) is 6. The van der Waals surface area contributed by atoms with Gasteiger partial charge in [0.25, 0.3) is 0 Å². The van der Waals surface area contributed by atoms with Crippen molar-refractivity contribution >= 4 is 39.2 Å². The second-order valence-corrected chi connectivity index (χ2v) is 10.1. The Bertz CT molecular complexity index is 1250. The fraction of sp³-hybridized carbons (Fsp3) is 0.286. The zero-order valence-corrected chi connectivity index (χ0v) is 18.7. The maximum atomic E-state index is 13.2. The molecule has 0 saturated heterocycles. The lowest BCUT2D eigenvalue weighted by Gasteiger charge is -2.40. The summed E-state index contributed by atoms with van der Waals surface area (Å²) in [5, 5.41) is 4.33. The molecule has 3 N–H and O–H groups in total. The van der Waals surface area contributed by atoms with Crippen LogP contribution in [0.15, 0.2) is 54.8 Å². The number of nitrogens with zero attached hydrogens (tertiary/aromatic N) is 2. The second-order valence-electron chi connectivity index (χ2n) is 7.90. The van der Waals surface area contributed by atoms with Crippen LogP contribution in [0, 0.1) is 5.41 Å². The molecule has 2 amide bonds. The van der Waals surface area contributed by atoms with E-state index in [1.807, 2.05) is 42.5 Å². The van der Waals surface area contributed by atoms with Crippen LogP contribution in [0.4, 0.5) is 4.79 Å².